The smallest absolute Gasteiger partial charge is 0.222 e. The second-order valence-corrected chi connectivity index (χ2v) is 4.59. The monoisotopic (exact) mass is 241 g/mol. The van der Waals surface area contributed by atoms with Gasteiger partial charge in [0.05, 0.1) is 0 Å². The number of rotatable bonds is 3. The summed E-state index contributed by atoms with van der Waals surface area (Å²) in [5, 5.41) is 6.71. The fourth-order valence-electron chi connectivity index (χ4n) is 1.73. The minimum atomic E-state index is 0.669. The highest BCUT2D eigenvalue weighted by Gasteiger charge is 2.03. The maximum Gasteiger partial charge on any atom is 0.222 e. The third-order valence-corrected chi connectivity index (χ3v) is 3.58. The SMILES string of the molecule is c1cnc(NCc2csc3ccccc23)nc1. The molecule has 4 heteroatoms. The number of hydrogen-bond donors (Lipinski definition) is 1. The molecular weight excluding hydrogens is 230 g/mol. The molecule has 1 N–H and O–H groups in total. The molecule has 0 aliphatic rings. The van der Waals surface area contributed by atoms with Crippen LogP contribution in [-0.4, -0.2) is 9.97 Å². The molecule has 3 rings (SSSR count). The van der Waals surface area contributed by atoms with Gasteiger partial charge in [-0.15, -0.1) is 11.3 Å². The van der Waals surface area contributed by atoms with E-state index in [1.807, 2.05) is 6.07 Å². The molecule has 0 atom stereocenters. The van der Waals surface area contributed by atoms with E-state index in [0.29, 0.717) is 5.95 Å². The van der Waals surface area contributed by atoms with Crippen LogP contribution in [0, 0.1) is 0 Å². The highest BCUT2D eigenvalue weighted by Crippen LogP contribution is 2.25. The van der Waals surface area contributed by atoms with Crippen LogP contribution in [0.2, 0.25) is 0 Å². The van der Waals surface area contributed by atoms with Crippen LogP contribution < -0.4 is 5.32 Å². The van der Waals surface area contributed by atoms with Crippen molar-refractivity contribution < 1.29 is 0 Å². The number of hydrogen-bond acceptors (Lipinski definition) is 4. The first-order chi connectivity index (χ1) is 8.43. The van der Waals surface area contributed by atoms with Gasteiger partial charge in [-0.25, -0.2) is 9.97 Å². The van der Waals surface area contributed by atoms with Gasteiger partial charge in [-0.2, -0.15) is 0 Å². The highest BCUT2D eigenvalue weighted by molar-refractivity contribution is 7.17. The van der Waals surface area contributed by atoms with E-state index in [1.165, 1.54) is 15.6 Å². The minimum Gasteiger partial charge on any atom is -0.350 e. The van der Waals surface area contributed by atoms with Crippen LogP contribution in [0.15, 0.2) is 48.1 Å². The summed E-state index contributed by atoms with van der Waals surface area (Å²) in [7, 11) is 0. The normalized spacial score (nSPS) is 10.6. The van der Waals surface area contributed by atoms with Crippen LogP contribution in [-0.2, 0) is 6.54 Å². The fraction of sp³-hybridized carbons (Fsp3) is 0.0769. The van der Waals surface area contributed by atoms with Gasteiger partial charge in [0, 0.05) is 23.6 Å². The number of benzene rings is 1. The summed E-state index contributed by atoms with van der Waals surface area (Å²) in [4.78, 5) is 8.28. The lowest BCUT2D eigenvalue weighted by atomic mass is 10.2. The molecule has 2 heterocycles. The van der Waals surface area contributed by atoms with Crippen molar-refractivity contribution >= 4 is 27.4 Å². The number of nitrogens with zero attached hydrogens (tertiary/aromatic N) is 2. The van der Waals surface area contributed by atoms with Gasteiger partial charge in [-0.3, -0.25) is 0 Å². The molecule has 0 amide bonds. The van der Waals surface area contributed by atoms with E-state index < -0.39 is 0 Å². The Morgan fingerprint density at radius 3 is 2.76 bits per heavy atom. The van der Waals surface area contributed by atoms with Crippen LogP contribution >= 0.6 is 11.3 Å². The van der Waals surface area contributed by atoms with Crippen molar-refractivity contribution in [3.05, 3.63) is 53.7 Å². The summed E-state index contributed by atoms with van der Waals surface area (Å²) < 4.78 is 1.32. The van der Waals surface area contributed by atoms with Crippen LogP contribution in [0.4, 0.5) is 5.95 Å². The molecule has 17 heavy (non-hydrogen) atoms. The highest BCUT2D eigenvalue weighted by atomic mass is 32.1. The van der Waals surface area contributed by atoms with Gasteiger partial charge in [0.25, 0.3) is 0 Å². The average molecular weight is 241 g/mol. The lowest BCUT2D eigenvalue weighted by molar-refractivity contribution is 1.06. The largest absolute Gasteiger partial charge is 0.350 e. The van der Waals surface area contributed by atoms with Gasteiger partial charge in [0.2, 0.25) is 5.95 Å². The number of thiophene rings is 1. The Morgan fingerprint density at radius 1 is 1.06 bits per heavy atom. The summed E-state index contributed by atoms with van der Waals surface area (Å²) >= 11 is 1.77. The number of fused-ring (bicyclic) bond motifs is 1. The van der Waals surface area contributed by atoms with Gasteiger partial charge < -0.3 is 5.32 Å². The fourth-order valence-corrected chi connectivity index (χ4v) is 2.70. The molecule has 3 nitrogen and oxygen atoms in total. The van der Waals surface area contributed by atoms with Crippen molar-refractivity contribution in [1.29, 1.82) is 0 Å². The summed E-state index contributed by atoms with van der Waals surface area (Å²) in [5.74, 6) is 0.669. The van der Waals surface area contributed by atoms with E-state index in [0.717, 1.165) is 6.54 Å². The van der Waals surface area contributed by atoms with E-state index in [2.05, 4.69) is 44.9 Å². The van der Waals surface area contributed by atoms with E-state index in [4.69, 9.17) is 0 Å². The van der Waals surface area contributed by atoms with Crippen molar-refractivity contribution in [2.45, 2.75) is 6.54 Å². The molecule has 0 aliphatic carbocycles. The van der Waals surface area contributed by atoms with Crippen LogP contribution in [0.25, 0.3) is 10.1 Å². The predicted molar refractivity (Wildman–Crippen MR) is 71.2 cm³/mol. The van der Waals surface area contributed by atoms with Gasteiger partial charge in [-0.1, -0.05) is 18.2 Å². The molecule has 1 aromatic carbocycles. The Labute approximate surface area is 103 Å². The molecule has 0 saturated carbocycles. The zero-order valence-corrected chi connectivity index (χ0v) is 9.95. The van der Waals surface area contributed by atoms with Gasteiger partial charge in [0.15, 0.2) is 0 Å². The van der Waals surface area contributed by atoms with E-state index in [9.17, 15) is 0 Å². The molecule has 0 fully saturated rings. The van der Waals surface area contributed by atoms with E-state index in [-0.39, 0.29) is 0 Å². The lowest BCUT2D eigenvalue weighted by Crippen LogP contribution is -2.02. The Balaban J connectivity index is 1.82. The third kappa shape index (κ3) is 2.12. The molecule has 0 spiro atoms. The molecule has 0 radical (unpaired) electrons. The third-order valence-electron chi connectivity index (χ3n) is 2.56. The number of nitrogens with one attached hydrogen (secondary N) is 1. The summed E-state index contributed by atoms with van der Waals surface area (Å²) in [6, 6.07) is 10.2. The zero-order valence-electron chi connectivity index (χ0n) is 9.13. The molecule has 0 saturated heterocycles. The Morgan fingerprint density at radius 2 is 1.88 bits per heavy atom. The number of anilines is 1. The summed E-state index contributed by atoms with van der Waals surface area (Å²) in [6.45, 7) is 0.758. The standard InChI is InChI=1S/C13H11N3S/c1-2-5-12-11(4-1)10(9-17-12)8-16-13-14-6-3-7-15-13/h1-7,9H,8H2,(H,14,15,16). The topological polar surface area (TPSA) is 37.8 Å². The second kappa shape index (κ2) is 4.51. The van der Waals surface area contributed by atoms with Crippen LogP contribution in [0.1, 0.15) is 5.56 Å². The van der Waals surface area contributed by atoms with E-state index in [1.54, 1.807) is 23.7 Å². The lowest BCUT2D eigenvalue weighted by Gasteiger charge is -2.02. The van der Waals surface area contributed by atoms with Crippen molar-refractivity contribution in [2.75, 3.05) is 5.32 Å². The van der Waals surface area contributed by atoms with Gasteiger partial charge >= 0.3 is 0 Å². The van der Waals surface area contributed by atoms with Crippen molar-refractivity contribution in [3.63, 3.8) is 0 Å². The average Bonchev–Trinajstić information content (AvgIpc) is 2.81. The molecular formula is C13H11N3S. The van der Waals surface area contributed by atoms with Crippen molar-refractivity contribution in [2.24, 2.45) is 0 Å². The predicted octanol–water partition coefficient (Wildman–Crippen LogP) is 3.30. The first-order valence-corrected chi connectivity index (χ1v) is 6.27. The van der Waals surface area contributed by atoms with E-state index >= 15 is 0 Å². The maximum absolute atomic E-state index is 4.14. The Hall–Kier alpha value is -1.94. The van der Waals surface area contributed by atoms with Crippen molar-refractivity contribution in [3.8, 4) is 0 Å². The molecule has 84 valence electrons. The van der Waals surface area contributed by atoms with Crippen LogP contribution in [0.3, 0.4) is 0 Å². The summed E-state index contributed by atoms with van der Waals surface area (Å²) in [6.07, 6.45) is 3.47. The Bertz CT molecular complexity index is 619. The first-order valence-electron chi connectivity index (χ1n) is 5.39. The quantitative estimate of drug-likeness (QED) is 0.764. The molecule has 0 bridgehead atoms. The van der Waals surface area contributed by atoms with Gasteiger partial charge in [-0.05, 0) is 28.5 Å². The van der Waals surface area contributed by atoms with Crippen molar-refractivity contribution in [1.82, 2.24) is 9.97 Å². The Kier molecular flexibility index (Phi) is 2.71. The molecule has 2 aromatic heterocycles. The van der Waals surface area contributed by atoms with Gasteiger partial charge in [0.1, 0.15) is 0 Å². The zero-order chi connectivity index (χ0) is 11.5. The second-order valence-electron chi connectivity index (χ2n) is 3.68. The summed E-state index contributed by atoms with van der Waals surface area (Å²) in [5.41, 5.74) is 1.29. The molecule has 3 aromatic rings. The molecule has 0 aliphatic heterocycles. The number of aromatic nitrogens is 2. The maximum atomic E-state index is 4.14. The minimum absolute atomic E-state index is 0.669. The van der Waals surface area contributed by atoms with Crippen LogP contribution in [0.5, 0.6) is 0 Å². The first kappa shape index (κ1) is 10.2. The molecule has 0 unspecified atom stereocenters.